The Morgan fingerprint density at radius 1 is 1.28 bits per heavy atom. The lowest BCUT2D eigenvalue weighted by Gasteiger charge is -2.34. The van der Waals surface area contributed by atoms with Gasteiger partial charge in [-0.2, -0.15) is 0 Å². The summed E-state index contributed by atoms with van der Waals surface area (Å²) in [7, 11) is 0. The highest BCUT2D eigenvalue weighted by Gasteiger charge is 2.36. The third kappa shape index (κ3) is 4.46. The van der Waals surface area contributed by atoms with Crippen LogP contribution in [-0.4, -0.2) is 38.0 Å². The van der Waals surface area contributed by atoms with Gasteiger partial charge in [0.1, 0.15) is 0 Å². The van der Waals surface area contributed by atoms with Crippen LogP contribution in [0.15, 0.2) is 18.2 Å². The summed E-state index contributed by atoms with van der Waals surface area (Å²) in [4.78, 5) is 26.5. The summed E-state index contributed by atoms with van der Waals surface area (Å²) < 4.78 is 0. The fourth-order valence-electron chi connectivity index (χ4n) is 3.48. The molecule has 25 heavy (non-hydrogen) atoms. The van der Waals surface area contributed by atoms with Crippen molar-refractivity contribution in [1.82, 2.24) is 10.6 Å². The number of halogens is 2. The van der Waals surface area contributed by atoms with Gasteiger partial charge in [-0.25, -0.2) is 0 Å². The van der Waals surface area contributed by atoms with Crippen LogP contribution in [0.3, 0.4) is 0 Å². The van der Waals surface area contributed by atoms with Crippen LogP contribution < -0.4 is 15.5 Å². The molecule has 5 nitrogen and oxygen atoms in total. The maximum Gasteiger partial charge on any atom is 0.227 e. The van der Waals surface area contributed by atoms with Crippen molar-refractivity contribution >= 4 is 40.7 Å². The Hall–Kier alpha value is -1.30. The van der Waals surface area contributed by atoms with Gasteiger partial charge < -0.3 is 15.5 Å². The molecular formula is C18H23Cl2N3O2. The van der Waals surface area contributed by atoms with Gasteiger partial charge in [-0.3, -0.25) is 9.59 Å². The second-order valence-corrected chi connectivity index (χ2v) is 8.18. The molecule has 2 N–H and O–H groups in total. The summed E-state index contributed by atoms with van der Waals surface area (Å²) in [5.41, 5.74) is 0.770. The van der Waals surface area contributed by atoms with E-state index in [4.69, 9.17) is 23.2 Å². The zero-order chi connectivity index (χ0) is 18.0. The quantitative estimate of drug-likeness (QED) is 0.839. The first-order valence-corrected chi connectivity index (χ1v) is 9.37. The van der Waals surface area contributed by atoms with Crippen LogP contribution in [0, 0.1) is 11.3 Å². The highest BCUT2D eigenvalue weighted by Crippen LogP contribution is 2.31. The molecule has 136 valence electrons. The van der Waals surface area contributed by atoms with Crippen molar-refractivity contribution in [2.45, 2.75) is 26.2 Å². The summed E-state index contributed by atoms with van der Waals surface area (Å²) in [6, 6.07) is 5.01. The van der Waals surface area contributed by atoms with E-state index in [1.165, 1.54) is 0 Å². The van der Waals surface area contributed by atoms with Crippen LogP contribution in [0.2, 0.25) is 10.0 Å². The number of hydrogen-bond acceptors (Lipinski definition) is 3. The smallest absolute Gasteiger partial charge is 0.227 e. The third-order valence-corrected chi connectivity index (χ3v) is 5.59. The predicted molar refractivity (Wildman–Crippen MR) is 100 cm³/mol. The Bertz CT molecular complexity index is 654. The SMILES string of the molecule is CC1(CNC(=O)C2CC(=O)N(c3cc(Cl)cc(Cl)c3)C2)CCNCC1. The maximum atomic E-state index is 12.5. The number of rotatable bonds is 4. The molecule has 2 amide bonds. The predicted octanol–water partition coefficient (Wildman–Crippen LogP) is 2.85. The van der Waals surface area contributed by atoms with E-state index in [0.717, 1.165) is 25.9 Å². The first-order valence-electron chi connectivity index (χ1n) is 8.61. The van der Waals surface area contributed by atoms with Crippen molar-refractivity contribution in [3.05, 3.63) is 28.2 Å². The topological polar surface area (TPSA) is 61.4 Å². The van der Waals surface area contributed by atoms with Crippen molar-refractivity contribution in [2.24, 2.45) is 11.3 Å². The molecule has 0 saturated carbocycles. The Kier molecular flexibility index (Phi) is 5.56. The molecule has 0 radical (unpaired) electrons. The van der Waals surface area contributed by atoms with Gasteiger partial charge >= 0.3 is 0 Å². The molecule has 1 unspecified atom stereocenters. The van der Waals surface area contributed by atoms with E-state index in [9.17, 15) is 9.59 Å². The number of nitrogens with zero attached hydrogens (tertiary/aromatic N) is 1. The van der Waals surface area contributed by atoms with Crippen LogP contribution in [0.5, 0.6) is 0 Å². The van der Waals surface area contributed by atoms with Crippen LogP contribution in [0.4, 0.5) is 5.69 Å². The van der Waals surface area contributed by atoms with Crippen LogP contribution in [-0.2, 0) is 9.59 Å². The number of carbonyl (C=O) groups excluding carboxylic acids is 2. The highest BCUT2D eigenvalue weighted by atomic mass is 35.5. The van der Waals surface area contributed by atoms with Gasteiger partial charge in [-0.15, -0.1) is 0 Å². The zero-order valence-corrected chi connectivity index (χ0v) is 15.8. The lowest BCUT2D eigenvalue weighted by atomic mass is 9.81. The summed E-state index contributed by atoms with van der Waals surface area (Å²) in [5.74, 6) is -0.467. The lowest BCUT2D eigenvalue weighted by Crippen LogP contribution is -2.44. The highest BCUT2D eigenvalue weighted by molar-refractivity contribution is 6.35. The van der Waals surface area contributed by atoms with Gasteiger partial charge in [-0.05, 0) is 49.5 Å². The average Bonchev–Trinajstić information content (AvgIpc) is 2.94. The molecule has 0 aromatic heterocycles. The number of anilines is 1. The second kappa shape index (κ2) is 7.52. The lowest BCUT2D eigenvalue weighted by molar-refractivity contribution is -0.126. The Labute approximate surface area is 158 Å². The van der Waals surface area contributed by atoms with E-state index >= 15 is 0 Å². The number of benzene rings is 1. The Morgan fingerprint density at radius 3 is 2.56 bits per heavy atom. The molecule has 3 rings (SSSR count). The van der Waals surface area contributed by atoms with E-state index in [1.807, 2.05) is 0 Å². The summed E-state index contributed by atoms with van der Waals surface area (Å²) in [5, 5.41) is 7.34. The minimum atomic E-state index is -0.337. The summed E-state index contributed by atoms with van der Waals surface area (Å²) in [6.45, 7) is 5.18. The fraction of sp³-hybridized carbons (Fsp3) is 0.556. The van der Waals surface area contributed by atoms with E-state index in [2.05, 4.69) is 17.6 Å². The number of amides is 2. The Morgan fingerprint density at radius 2 is 1.92 bits per heavy atom. The minimum Gasteiger partial charge on any atom is -0.355 e. The molecule has 2 saturated heterocycles. The van der Waals surface area contributed by atoms with Crippen LogP contribution >= 0.6 is 23.2 Å². The van der Waals surface area contributed by atoms with Crippen molar-refractivity contribution in [3.8, 4) is 0 Å². The molecule has 2 heterocycles. The van der Waals surface area contributed by atoms with E-state index in [1.54, 1.807) is 23.1 Å². The van der Waals surface area contributed by atoms with Crippen molar-refractivity contribution in [2.75, 3.05) is 31.1 Å². The van der Waals surface area contributed by atoms with Gasteiger partial charge in [0.2, 0.25) is 11.8 Å². The average molecular weight is 384 g/mol. The fourth-order valence-corrected chi connectivity index (χ4v) is 3.99. The largest absolute Gasteiger partial charge is 0.355 e. The molecule has 1 aromatic rings. The molecule has 0 bridgehead atoms. The second-order valence-electron chi connectivity index (χ2n) is 7.31. The first-order chi connectivity index (χ1) is 11.9. The first kappa shape index (κ1) is 18.5. The number of carbonyl (C=O) groups is 2. The monoisotopic (exact) mass is 383 g/mol. The van der Waals surface area contributed by atoms with Crippen molar-refractivity contribution in [1.29, 1.82) is 0 Å². The molecule has 7 heteroatoms. The minimum absolute atomic E-state index is 0.0521. The normalized spacial score (nSPS) is 22.9. The van der Waals surface area contributed by atoms with Crippen molar-refractivity contribution < 1.29 is 9.59 Å². The molecule has 1 atom stereocenters. The molecule has 1 aromatic carbocycles. The van der Waals surface area contributed by atoms with Gasteiger partial charge in [0, 0.05) is 35.2 Å². The van der Waals surface area contributed by atoms with E-state index in [0.29, 0.717) is 28.8 Å². The van der Waals surface area contributed by atoms with Crippen molar-refractivity contribution in [3.63, 3.8) is 0 Å². The van der Waals surface area contributed by atoms with Gasteiger partial charge in [0.05, 0.1) is 5.92 Å². The van der Waals surface area contributed by atoms with Gasteiger partial charge in [-0.1, -0.05) is 30.1 Å². The van der Waals surface area contributed by atoms with E-state index < -0.39 is 0 Å². The molecular weight excluding hydrogens is 361 g/mol. The van der Waals surface area contributed by atoms with Crippen LogP contribution in [0.1, 0.15) is 26.2 Å². The summed E-state index contributed by atoms with van der Waals surface area (Å²) >= 11 is 12.0. The molecule has 2 aliphatic rings. The third-order valence-electron chi connectivity index (χ3n) is 5.15. The van der Waals surface area contributed by atoms with Gasteiger partial charge in [0.15, 0.2) is 0 Å². The summed E-state index contributed by atoms with van der Waals surface area (Å²) in [6.07, 6.45) is 2.31. The molecule has 0 spiro atoms. The number of piperidine rings is 1. The molecule has 0 aliphatic carbocycles. The number of hydrogen-bond donors (Lipinski definition) is 2. The maximum absolute atomic E-state index is 12.5. The molecule has 2 fully saturated rings. The van der Waals surface area contributed by atoms with Gasteiger partial charge in [0.25, 0.3) is 0 Å². The van der Waals surface area contributed by atoms with E-state index in [-0.39, 0.29) is 29.6 Å². The number of nitrogens with one attached hydrogen (secondary N) is 2. The molecule has 2 aliphatic heterocycles. The Balaban J connectivity index is 1.60. The standard InChI is InChI=1S/C18H23Cl2N3O2/c1-18(2-4-21-5-3-18)11-22-17(25)12-6-16(24)23(10-12)15-8-13(19)7-14(20)9-15/h7-9,12,21H,2-6,10-11H2,1H3,(H,22,25). The van der Waals surface area contributed by atoms with Crippen LogP contribution in [0.25, 0.3) is 0 Å². The zero-order valence-electron chi connectivity index (χ0n) is 14.3.